The Morgan fingerprint density at radius 1 is 0.405 bits per heavy atom. The summed E-state index contributed by atoms with van der Waals surface area (Å²) in [5.41, 5.74) is 16.0. The number of benzene rings is 10. The van der Waals surface area contributed by atoms with Crippen LogP contribution in [0, 0.1) is 42.5 Å². The van der Waals surface area contributed by atoms with E-state index in [2.05, 4.69) is 267 Å². The van der Waals surface area contributed by atoms with Crippen molar-refractivity contribution in [3.63, 3.8) is 0 Å². The third kappa shape index (κ3) is 7.37. The van der Waals surface area contributed by atoms with Crippen molar-refractivity contribution in [1.29, 1.82) is 0 Å². The van der Waals surface area contributed by atoms with Gasteiger partial charge in [0, 0.05) is 99.7 Å². The molecule has 8 heteroatoms. The summed E-state index contributed by atoms with van der Waals surface area (Å²) in [6, 6.07) is 93.4. The predicted octanol–water partition coefficient (Wildman–Crippen LogP) is 18.9. The van der Waals surface area contributed by atoms with Crippen LogP contribution >= 0.6 is 0 Å². The van der Waals surface area contributed by atoms with Gasteiger partial charge in [-0.3, -0.25) is 0 Å². The molecule has 84 heavy (non-hydrogen) atoms. The maximum absolute atomic E-state index is 6.82. The van der Waals surface area contributed by atoms with E-state index in [0.717, 1.165) is 67.9 Å². The summed E-state index contributed by atoms with van der Waals surface area (Å²) < 4.78 is 13.9. The number of hydrogen-bond acceptors (Lipinski definition) is 4. The maximum Gasteiger partial charge on any atom is 0.135 e. The molecule has 5 aliphatic rings. The first-order chi connectivity index (χ1) is 41.1. The minimum atomic E-state index is -0.134. The topological polar surface area (TPSA) is 43.4 Å². The first-order valence-corrected chi connectivity index (χ1v) is 29.4. The molecule has 5 heterocycles. The van der Waals surface area contributed by atoms with E-state index < -0.39 is 0 Å². The summed E-state index contributed by atoms with van der Waals surface area (Å²) >= 11 is 0. The smallest absolute Gasteiger partial charge is 0.135 e. The molecule has 4 bridgehead atoms. The van der Waals surface area contributed by atoms with Gasteiger partial charge in [-0.15, -0.1) is 48.1 Å². The third-order valence-electron chi connectivity index (χ3n) is 19.4. The van der Waals surface area contributed by atoms with Crippen molar-refractivity contribution in [2.45, 2.75) is 37.5 Å². The number of rotatable bonds is 9. The van der Waals surface area contributed by atoms with Crippen LogP contribution in [0.3, 0.4) is 0 Å². The van der Waals surface area contributed by atoms with Gasteiger partial charge in [0.1, 0.15) is 5.82 Å². The van der Waals surface area contributed by atoms with Crippen molar-refractivity contribution in [2.24, 2.45) is 23.7 Å². The van der Waals surface area contributed by atoms with Crippen molar-refractivity contribution in [1.82, 2.24) is 18.7 Å². The predicted molar refractivity (Wildman–Crippen MR) is 337 cm³/mol. The summed E-state index contributed by atoms with van der Waals surface area (Å²) in [5.74, 6) is 4.87. The molecule has 0 spiro atoms. The van der Waals surface area contributed by atoms with Gasteiger partial charge >= 0.3 is 0 Å². The fourth-order valence-corrected chi connectivity index (χ4v) is 16.3. The van der Waals surface area contributed by atoms with Crippen molar-refractivity contribution in [2.75, 3.05) is 9.80 Å². The van der Waals surface area contributed by atoms with Crippen LogP contribution in [0.2, 0.25) is 0 Å². The molecule has 14 aromatic rings. The molecule has 0 N–H and O–H groups in total. The van der Waals surface area contributed by atoms with Crippen molar-refractivity contribution in [3.8, 4) is 28.7 Å². The number of hydrogen-bond donors (Lipinski definition) is 0. The second-order valence-corrected chi connectivity index (χ2v) is 23.7. The number of nitrogens with zero attached hydrogens (tertiary/aromatic N) is 6. The number of pyridine rings is 1. The molecule has 0 radical (unpaired) electrons. The molecule has 0 saturated heterocycles. The van der Waals surface area contributed by atoms with Crippen molar-refractivity contribution in [3.05, 3.63) is 273 Å². The van der Waals surface area contributed by atoms with Gasteiger partial charge in [0.15, 0.2) is 0 Å². The van der Waals surface area contributed by atoms with E-state index in [9.17, 15) is 0 Å². The average molecular weight is 1260 g/mol. The first-order valence-electron chi connectivity index (χ1n) is 29.4. The second-order valence-electron chi connectivity index (χ2n) is 23.7. The molecular weight excluding hydrogens is 1210 g/mol. The first kappa shape index (κ1) is 49.4. The molecule has 19 rings (SSSR count). The maximum atomic E-state index is 6.82. The summed E-state index contributed by atoms with van der Waals surface area (Å²) in [6.07, 6.45) is 8.58. The van der Waals surface area contributed by atoms with Crippen LogP contribution in [0.15, 0.2) is 243 Å². The van der Waals surface area contributed by atoms with E-state index in [4.69, 9.17) is 9.72 Å². The Morgan fingerprint density at radius 2 is 0.881 bits per heavy atom. The van der Waals surface area contributed by atoms with E-state index in [1.165, 1.54) is 92.5 Å². The third-order valence-corrected chi connectivity index (χ3v) is 19.4. The number of ether oxygens (including phenoxy) is 1. The van der Waals surface area contributed by atoms with E-state index in [1.54, 1.807) is 0 Å². The van der Waals surface area contributed by atoms with Gasteiger partial charge < -0.3 is 28.2 Å². The Hall–Kier alpha value is -9.16. The van der Waals surface area contributed by atoms with Crippen LogP contribution in [0.5, 0.6) is 11.5 Å². The molecule has 4 fully saturated rings. The molecule has 4 aliphatic carbocycles. The van der Waals surface area contributed by atoms with Crippen LogP contribution in [-0.4, -0.2) is 18.7 Å². The second kappa shape index (κ2) is 19.2. The van der Waals surface area contributed by atoms with Gasteiger partial charge in [0.25, 0.3) is 0 Å². The Labute approximate surface area is 501 Å². The molecule has 4 aromatic heterocycles. The number of para-hydroxylation sites is 7. The molecule has 0 unspecified atom stereocenters. The van der Waals surface area contributed by atoms with Crippen LogP contribution < -0.4 is 14.5 Å². The van der Waals surface area contributed by atoms with E-state index in [-0.39, 0.29) is 26.5 Å². The molecule has 10 aromatic carbocycles. The van der Waals surface area contributed by atoms with Crippen molar-refractivity contribution < 1.29 is 25.8 Å². The largest absolute Gasteiger partial charge is 0.509 e. The Morgan fingerprint density at radius 3 is 1.45 bits per heavy atom. The Bertz CT molecular complexity index is 4780. The monoisotopic (exact) mass is 1260 g/mol. The normalized spacial score (nSPS) is 19.8. The standard InChI is InChI=1S/C76H55N6O.Pt/c1-6-21-67-61(16-1)62-17-2-7-22-68(62)80(67)56-30-28-51(29-31-56)76(53-41-49-40-50(43-53)44-54(76)42-49)52-38-39-77-75(45-52)82-71-25-10-5-20-65(71)66-37-36-60(47-74(66)82)83-59-15-13-14-58(46-59)79-48-78(72-26-11-12-27-73(72)79)55-32-34-57(35-33-55)81-69-23-8-3-18-63(69)64-19-4-9-24-70(64)81;/h1-39,45,48-50,53-54H,40-44H2;/q-3;. The number of aromatic nitrogens is 4. The van der Waals surface area contributed by atoms with E-state index >= 15 is 0 Å². The molecule has 7 nitrogen and oxygen atoms in total. The van der Waals surface area contributed by atoms with Crippen molar-refractivity contribution >= 4 is 88.2 Å². The molecule has 1 aliphatic heterocycles. The fraction of sp³-hybridized carbons (Fsp3) is 0.132. The van der Waals surface area contributed by atoms with Gasteiger partial charge in [-0.25, -0.2) is 4.98 Å². The minimum Gasteiger partial charge on any atom is -0.509 e. The minimum absolute atomic E-state index is 0. The summed E-state index contributed by atoms with van der Waals surface area (Å²) in [7, 11) is 0. The molecule has 408 valence electrons. The SMILES string of the molecule is [Pt].[c-]1c(Oc2[c-]c3c(cc2)c2ccccc2n3-c2cc(C3(c4ccc(-n5c6ccccc6c6ccccc65)cc4)C4CC5CC(C4)CC3C5)ccn2)cccc1N1[CH-]N(c2ccc(-n3c4ccccc4c4ccccc43)cc2)c2ccccc21. The average Bonchev–Trinajstić information content (AvgIpc) is 1.13. The molecular formula is C76H55N6OPt-3. The van der Waals surface area contributed by atoms with E-state index in [0.29, 0.717) is 23.3 Å². The zero-order chi connectivity index (χ0) is 54.3. The van der Waals surface area contributed by atoms with Gasteiger partial charge in [-0.05, 0) is 163 Å². The molecule has 4 saturated carbocycles. The fourth-order valence-electron chi connectivity index (χ4n) is 16.3. The van der Waals surface area contributed by atoms with Crippen LogP contribution in [0.25, 0.3) is 82.6 Å². The molecule has 0 atom stereocenters. The van der Waals surface area contributed by atoms with Gasteiger partial charge in [0.05, 0.1) is 22.1 Å². The summed E-state index contributed by atoms with van der Waals surface area (Å²) in [5, 5.41) is 7.34. The van der Waals surface area contributed by atoms with Gasteiger partial charge in [0.2, 0.25) is 0 Å². The van der Waals surface area contributed by atoms with Crippen LogP contribution in [0.4, 0.5) is 22.7 Å². The molecule has 0 amide bonds. The number of anilines is 4. The Balaban J connectivity index is 0.00000556. The zero-order valence-corrected chi connectivity index (χ0v) is 48.2. The van der Waals surface area contributed by atoms with Crippen LogP contribution in [0.1, 0.15) is 43.2 Å². The zero-order valence-electron chi connectivity index (χ0n) is 45.9. The summed E-state index contributed by atoms with van der Waals surface area (Å²) in [6.45, 7) is 2.16. The summed E-state index contributed by atoms with van der Waals surface area (Å²) in [4.78, 5) is 9.71. The quantitative estimate of drug-likeness (QED) is 0.135. The Kier molecular flexibility index (Phi) is 11.3. The number of fused-ring (bicyclic) bond motifs is 10. The van der Waals surface area contributed by atoms with Gasteiger partial charge in [-0.1, -0.05) is 121 Å². The van der Waals surface area contributed by atoms with Gasteiger partial charge in [-0.2, -0.15) is 12.1 Å². The van der Waals surface area contributed by atoms with Crippen LogP contribution in [-0.2, 0) is 26.5 Å². The van der Waals surface area contributed by atoms with E-state index in [1.807, 2.05) is 18.2 Å².